The predicted octanol–water partition coefficient (Wildman–Crippen LogP) is 5.91. The molecule has 0 spiro atoms. The first-order valence-corrected chi connectivity index (χ1v) is 15.7. The van der Waals surface area contributed by atoms with Crippen LogP contribution in [0.1, 0.15) is 42.8 Å². The Bertz CT molecular complexity index is 1520. The highest BCUT2D eigenvalue weighted by Gasteiger charge is 2.46. The van der Waals surface area contributed by atoms with Crippen molar-refractivity contribution in [3.63, 3.8) is 0 Å². The zero-order valence-electron chi connectivity index (χ0n) is 23.1. The molecule has 0 saturated carbocycles. The lowest BCUT2D eigenvalue weighted by atomic mass is 9.72. The third-order valence-corrected chi connectivity index (χ3v) is 10.3. The minimum atomic E-state index is -3.65. The summed E-state index contributed by atoms with van der Waals surface area (Å²) in [5.74, 6) is 0.740. The van der Waals surface area contributed by atoms with Gasteiger partial charge in [-0.15, -0.1) is 0 Å². The van der Waals surface area contributed by atoms with Crippen molar-refractivity contribution in [3.05, 3.63) is 119 Å². The predicted molar refractivity (Wildman–Crippen MR) is 161 cm³/mol. The van der Waals surface area contributed by atoms with Crippen LogP contribution in [-0.2, 0) is 27.7 Å². The Labute approximate surface area is 247 Å². The van der Waals surface area contributed by atoms with Crippen molar-refractivity contribution in [3.8, 4) is 0 Å². The molecule has 1 N–H and O–H groups in total. The van der Waals surface area contributed by atoms with Gasteiger partial charge in [-0.3, -0.25) is 4.79 Å². The van der Waals surface area contributed by atoms with Crippen molar-refractivity contribution in [2.45, 2.75) is 43.5 Å². The number of hydrogen-bond donors (Lipinski definition) is 1. The van der Waals surface area contributed by atoms with Gasteiger partial charge in [-0.2, -0.15) is 4.31 Å². The van der Waals surface area contributed by atoms with Crippen LogP contribution in [0.3, 0.4) is 0 Å². The number of hydrogen-bond acceptors (Lipinski definition) is 4. The number of carbonyl (C=O) groups excluding carboxylic acids is 1. The molecule has 4 aromatic rings. The van der Waals surface area contributed by atoms with Crippen LogP contribution in [0.2, 0.25) is 5.02 Å². The Hall–Kier alpha value is -3.46. The second-order valence-electron chi connectivity index (χ2n) is 10.7. The van der Waals surface area contributed by atoms with Gasteiger partial charge >= 0.3 is 0 Å². The van der Waals surface area contributed by atoms with Crippen LogP contribution in [0.25, 0.3) is 0 Å². The highest BCUT2D eigenvalue weighted by atomic mass is 35.5. The zero-order valence-corrected chi connectivity index (χ0v) is 24.7. The van der Waals surface area contributed by atoms with Crippen LogP contribution in [0.15, 0.2) is 102 Å². The number of halogens is 1. The lowest BCUT2D eigenvalue weighted by Crippen LogP contribution is -2.53. The van der Waals surface area contributed by atoms with E-state index in [2.05, 4.69) is 9.97 Å². The molecule has 0 bridgehead atoms. The number of nitrogens with zero attached hydrogens (tertiary/aromatic N) is 3. The molecule has 2 heterocycles. The Morgan fingerprint density at radius 2 is 1.61 bits per heavy atom. The van der Waals surface area contributed by atoms with E-state index in [1.807, 2.05) is 66.4 Å². The molecular weight excluding hydrogens is 556 g/mol. The number of imidazole rings is 1. The number of rotatable bonds is 10. The summed E-state index contributed by atoms with van der Waals surface area (Å²) in [5.41, 5.74) is 1.38. The molecule has 0 aliphatic carbocycles. The summed E-state index contributed by atoms with van der Waals surface area (Å²) in [6.45, 7) is 3.03. The normalized spacial score (nSPS) is 16.2. The minimum absolute atomic E-state index is 0.0241. The first-order chi connectivity index (χ1) is 19.8. The molecule has 1 aliphatic heterocycles. The fourth-order valence-electron chi connectivity index (χ4n) is 5.68. The number of benzene rings is 3. The average Bonchev–Trinajstić information content (AvgIpc) is 3.54. The third-order valence-electron chi connectivity index (χ3n) is 8.10. The largest absolute Gasteiger partial charge is 0.347 e. The van der Waals surface area contributed by atoms with E-state index in [0.29, 0.717) is 43.1 Å². The van der Waals surface area contributed by atoms with Crippen LogP contribution < -0.4 is 0 Å². The van der Waals surface area contributed by atoms with Crippen LogP contribution in [0.4, 0.5) is 0 Å². The number of piperidine rings is 1. The molecule has 1 unspecified atom stereocenters. The minimum Gasteiger partial charge on any atom is -0.347 e. The second-order valence-corrected chi connectivity index (χ2v) is 13.1. The summed E-state index contributed by atoms with van der Waals surface area (Å²) in [6.07, 6.45) is 5.50. The third kappa shape index (κ3) is 6.56. The maximum Gasteiger partial charge on any atom is 0.243 e. The number of amides is 1. The van der Waals surface area contributed by atoms with E-state index in [9.17, 15) is 13.2 Å². The van der Waals surface area contributed by atoms with Crippen molar-refractivity contribution in [2.75, 3.05) is 19.6 Å². The fourth-order valence-corrected chi connectivity index (χ4v) is 7.27. The van der Waals surface area contributed by atoms with Crippen molar-refractivity contribution in [2.24, 2.45) is 5.41 Å². The van der Waals surface area contributed by atoms with Gasteiger partial charge in [0, 0.05) is 37.1 Å². The van der Waals surface area contributed by atoms with Crippen LogP contribution in [-0.4, -0.2) is 53.1 Å². The van der Waals surface area contributed by atoms with Gasteiger partial charge < -0.3 is 9.88 Å². The van der Waals surface area contributed by atoms with Gasteiger partial charge in [0.25, 0.3) is 0 Å². The Morgan fingerprint density at radius 3 is 2.22 bits per heavy atom. The smallest absolute Gasteiger partial charge is 0.243 e. The zero-order chi connectivity index (χ0) is 28.9. The number of sulfonamides is 1. The molecule has 1 aromatic heterocycles. The van der Waals surface area contributed by atoms with Crippen LogP contribution in [0.5, 0.6) is 0 Å². The number of carbonyl (C=O) groups is 1. The van der Waals surface area contributed by atoms with E-state index < -0.39 is 15.4 Å². The Balaban J connectivity index is 1.45. The second kappa shape index (κ2) is 12.6. The topological polar surface area (TPSA) is 86.4 Å². The van der Waals surface area contributed by atoms with E-state index in [-0.39, 0.29) is 29.9 Å². The quantitative estimate of drug-likeness (QED) is 0.249. The first kappa shape index (κ1) is 29.0. The molecule has 3 aromatic carbocycles. The van der Waals surface area contributed by atoms with E-state index in [4.69, 9.17) is 11.6 Å². The molecule has 41 heavy (non-hydrogen) atoms. The van der Waals surface area contributed by atoms with E-state index in [0.717, 1.165) is 11.1 Å². The lowest BCUT2D eigenvalue weighted by Gasteiger charge is -2.44. The number of aromatic nitrogens is 2. The Morgan fingerprint density at radius 1 is 0.976 bits per heavy atom. The standard InChI is InChI=1S/C32H35ClN4O3S/c1-25(30-34-19-20-35-30)37(21-16-26-12-14-28(33)15-13-26)31(38)32(24-27-8-4-2-5-9-27)17-22-36(23-18-32)41(39,40)29-10-6-3-7-11-29/h2-15,19-20,25H,16-18,21-24H2,1H3,(H,34,35). The molecular formula is C32H35ClN4O3S. The number of H-pyrrole nitrogens is 1. The van der Waals surface area contributed by atoms with Crippen LogP contribution >= 0.6 is 11.6 Å². The molecule has 0 radical (unpaired) electrons. The summed E-state index contributed by atoms with van der Waals surface area (Å²) in [7, 11) is -3.65. The average molecular weight is 591 g/mol. The molecule has 5 rings (SSSR count). The summed E-state index contributed by atoms with van der Waals surface area (Å²) in [5, 5.41) is 0.671. The van der Waals surface area contributed by atoms with Crippen molar-refractivity contribution in [1.29, 1.82) is 0 Å². The monoisotopic (exact) mass is 590 g/mol. The first-order valence-electron chi connectivity index (χ1n) is 13.9. The highest BCUT2D eigenvalue weighted by Crippen LogP contribution is 2.40. The number of aromatic amines is 1. The molecule has 1 saturated heterocycles. The van der Waals surface area contributed by atoms with Crippen LogP contribution in [0, 0.1) is 5.41 Å². The molecule has 1 amide bonds. The van der Waals surface area contributed by atoms with E-state index in [1.54, 1.807) is 42.7 Å². The van der Waals surface area contributed by atoms with Gasteiger partial charge in [0.05, 0.1) is 16.4 Å². The number of nitrogens with one attached hydrogen (secondary N) is 1. The van der Waals surface area contributed by atoms with Gasteiger partial charge in [0.15, 0.2) is 0 Å². The molecule has 1 atom stereocenters. The van der Waals surface area contributed by atoms with E-state index >= 15 is 0 Å². The maximum atomic E-state index is 14.8. The molecule has 1 fully saturated rings. The van der Waals surface area contributed by atoms with Gasteiger partial charge in [0.1, 0.15) is 5.82 Å². The van der Waals surface area contributed by atoms with Gasteiger partial charge in [-0.25, -0.2) is 13.4 Å². The molecule has 7 nitrogen and oxygen atoms in total. The van der Waals surface area contributed by atoms with Gasteiger partial charge in [-0.05, 0) is 68.0 Å². The summed E-state index contributed by atoms with van der Waals surface area (Å²) < 4.78 is 28.4. The molecule has 214 valence electrons. The summed E-state index contributed by atoms with van der Waals surface area (Å²) in [4.78, 5) is 24.6. The van der Waals surface area contributed by atoms with Gasteiger partial charge in [0.2, 0.25) is 15.9 Å². The van der Waals surface area contributed by atoms with Crippen molar-refractivity contribution in [1.82, 2.24) is 19.2 Å². The van der Waals surface area contributed by atoms with E-state index in [1.165, 1.54) is 4.31 Å². The molecule has 1 aliphatic rings. The fraction of sp³-hybridized carbons (Fsp3) is 0.312. The van der Waals surface area contributed by atoms with Gasteiger partial charge in [-0.1, -0.05) is 72.3 Å². The van der Waals surface area contributed by atoms with Crippen molar-refractivity contribution < 1.29 is 13.2 Å². The maximum absolute atomic E-state index is 14.8. The summed E-state index contributed by atoms with van der Waals surface area (Å²) in [6, 6.07) is 25.9. The van der Waals surface area contributed by atoms with Crippen molar-refractivity contribution >= 4 is 27.5 Å². The lowest BCUT2D eigenvalue weighted by molar-refractivity contribution is -0.147. The summed E-state index contributed by atoms with van der Waals surface area (Å²) >= 11 is 6.10. The SMILES string of the molecule is CC(c1ncc[nH]1)N(CCc1ccc(Cl)cc1)C(=O)C1(Cc2ccccc2)CCN(S(=O)(=O)c2ccccc2)CC1. The Kier molecular flexibility index (Phi) is 8.92. The molecule has 9 heteroatoms. The highest BCUT2D eigenvalue weighted by molar-refractivity contribution is 7.89.